The van der Waals surface area contributed by atoms with Crippen molar-refractivity contribution in [1.82, 2.24) is 0 Å². The van der Waals surface area contributed by atoms with E-state index in [0.29, 0.717) is 6.61 Å². The van der Waals surface area contributed by atoms with Crippen LogP contribution >= 0.6 is 0 Å². The van der Waals surface area contributed by atoms with Crippen LogP contribution in [0.4, 0.5) is 0 Å². The van der Waals surface area contributed by atoms with Crippen LogP contribution in [0.3, 0.4) is 0 Å². The zero-order chi connectivity index (χ0) is 18.0. The number of hydrogen-bond donors (Lipinski definition) is 1. The van der Waals surface area contributed by atoms with Gasteiger partial charge in [0.15, 0.2) is 0 Å². The smallest absolute Gasteiger partial charge is 0.119 e. The van der Waals surface area contributed by atoms with Crippen molar-refractivity contribution >= 4 is 5.57 Å². The Kier molecular flexibility index (Phi) is 6.63. The minimum atomic E-state index is 0.529. The van der Waals surface area contributed by atoms with Gasteiger partial charge in [0.25, 0.3) is 0 Å². The number of ether oxygens (including phenoxy) is 1. The van der Waals surface area contributed by atoms with Gasteiger partial charge in [0, 0.05) is 0 Å². The second-order valence-electron chi connectivity index (χ2n) is 6.20. The highest BCUT2D eigenvalue weighted by Gasteiger charge is 2.04. The summed E-state index contributed by atoms with van der Waals surface area (Å²) < 4.78 is 5.94. The lowest BCUT2D eigenvalue weighted by atomic mass is 9.98. The third-order valence-electron chi connectivity index (χ3n) is 4.30. The first-order valence-electron chi connectivity index (χ1n) is 9.09. The highest BCUT2D eigenvalue weighted by Crippen LogP contribution is 2.23. The summed E-state index contributed by atoms with van der Waals surface area (Å²) in [6.45, 7) is 1.26. The summed E-state index contributed by atoms with van der Waals surface area (Å²) in [5.41, 5.74) is 10.4. The highest BCUT2D eigenvalue weighted by atomic mass is 16.5. The molecule has 0 aliphatic heterocycles. The van der Waals surface area contributed by atoms with Crippen LogP contribution in [0.1, 0.15) is 23.1 Å². The van der Waals surface area contributed by atoms with Gasteiger partial charge in [-0.05, 0) is 59.9 Å². The SMILES string of the molecule is NCCCc1ccc(OCC=C(c2ccccc2)c2ccccc2)cc1. The predicted octanol–water partition coefficient (Wildman–Crippen LogP) is 5.09. The van der Waals surface area contributed by atoms with Crippen molar-refractivity contribution in [3.05, 3.63) is 108 Å². The van der Waals surface area contributed by atoms with Crippen LogP contribution in [-0.2, 0) is 6.42 Å². The lowest BCUT2D eigenvalue weighted by molar-refractivity contribution is 0.363. The zero-order valence-electron chi connectivity index (χ0n) is 15.0. The molecular formula is C24H25NO. The molecule has 0 radical (unpaired) electrons. The first kappa shape index (κ1) is 18.0. The van der Waals surface area contributed by atoms with Crippen LogP contribution in [-0.4, -0.2) is 13.2 Å². The Morgan fingerprint density at radius 2 is 1.35 bits per heavy atom. The maximum absolute atomic E-state index is 5.94. The molecule has 0 bridgehead atoms. The average molecular weight is 343 g/mol. The second kappa shape index (κ2) is 9.59. The molecule has 132 valence electrons. The highest BCUT2D eigenvalue weighted by molar-refractivity contribution is 5.79. The van der Waals surface area contributed by atoms with Crippen LogP contribution in [0.2, 0.25) is 0 Å². The molecular weight excluding hydrogens is 318 g/mol. The van der Waals surface area contributed by atoms with Gasteiger partial charge in [-0.3, -0.25) is 0 Å². The zero-order valence-corrected chi connectivity index (χ0v) is 15.0. The third kappa shape index (κ3) is 5.08. The van der Waals surface area contributed by atoms with Crippen molar-refractivity contribution in [3.63, 3.8) is 0 Å². The molecule has 3 rings (SSSR count). The molecule has 0 aliphatic carbocycles. The molecule has 0 saturated heterocycles. The van der Waals surface area contributed by atoms with Crippen LogP contribution in [0.5, 0.6) is 5.75 Å². The van der Waals surface area contributed by atoms with E-state index in [4.69, 9.17) is 10.5 Å². The molecule has 2 N–H and O–H groups in total. The molecule has 3 aromatic carbocycles. The summed E-state index contributed by atoms with van der Waals surface area (Å²) in [5.74, 6) is 0.887. The number of nitrogens with two attached hydrogens (primary N) is 1. The van der Waals surface area contributed by atoms with Gasteiger partial charge in [-0.1, -0.05) is 72.8 Å². The fraction of sp³-hybridized carbons (Fsp3) is 0.167. The Morgan fingerprint density at radius 1 is 0.769 bits per heavy atom. The minimum absolute atomic E-state index is 0.529. The fourth-order valence-corrected chi connectivity index (χ4v) is 2.92. The molecule has 0 heterocycles. The molecule has 26 heavy (non-hydrogen) atoms. The predicted molar refractivity (Wildman–Crippen MR) is 109 cm³/mol. The number of benzene rings is 3. The maximum atomic E-state index is 5.94. The van der Waals surface area contributed by atoms with E-state index in [1.54, 1.807) is 0 Å². The molecule has 0 unspecified atom stereocenters. The van der Waals surface area contributed by atoms with Crippen molar-refractivity contribution in [3.8, 4) is 5.75 Å². The number of aryl methyl sites for hydroxylation is 1. The lowest BCUT2D eigenvalue weighted by Crippen LogP contribution is -2.00. The maximum Gasteiger partial charge on any atom is 0.119 e. The summed E-state index contributed by atoms with van der Waals surface area (Å²) >= 11 is 0. The van der Waals surface area contributed by atoms with E-state index in [2.05, 4.69) is 66.7 Å². The summed E-state index contributed by atoms with van der Waals surface area (Å²) in [6, 6.07) is 29.1. The Bertz CT molecular complexity index is 766. The summed E-state index contributed by atoms with van der Waals surface area (Å²) in [5, 5.41) is 0. The van der Waals surface area contributed by atoms with Gasteiger partial charge < -0.3 is 10.5 Å². The summed E-state index contributed by atoms with van der Waals surface area (Å²) in [6.07, 6.45) is 4.18. The molecule has 0 aliphatic rings. The Balaban J connectivity index is 1.71. The van der Waals surface area contributed by atoms with E-state index < -0.39 is 0 Å². The van der Waals surface area contributed by atoms with E-state index >= 15 is 0 Å². The summed E-state index contributed by atoms with van der Waals surface area (Å²) in [7, 11) is 0. The van der Waals surface area contributed by atoms with Crippen LogP contribution < -0.4 is 10.5 Å². The molecule has 0 aromatic heterocycles. The van der Waals surface area contributed by atoms with Crippen molar-refractivity contribution in [2.45, 2.75) is 12.8 Å². The van der Waals surface area contributed by atoms with Gasteiger partial charge in [0.05, 0.1) is 0 Å². The monoisotopic (exact) mass is 343 g/mol. The first-order chi connectivity index (χ1) is 12.9. The quantitative estimate of drug-likeness (QED) is 0.618. The van der Waals surface area contributed by atoms with E-state index in [1.165, 1.54) is 22.3 Å². The largest absolute Gasteiger partial charge is 0.490 e. The molecule has 0 spiro atoms. The van der Waals surface area contributed by atoms with Gasteiger partial charge in [-0.2, -0.15) is 0 Å². The standard InChI is InChI=1S/C24H25NO/c25-18-7-8-20-13-15-23(16-14-20)26-19-17-24(21-9-3-1-4-10-21)22-11-5-2-6-12-22/h1-6,9-17H,7-8,18-19,25H2. The van der Waals surface area contributed by atoms with E-state index in [1.807, 2.05) is 24.3 Å². The third-order valence-corrected chi connectivity index (χ3v) is 4.30. The van der Waals surface area contributed by atoms with Gasteiger partial charge >= 0.3 is 0 Å². The number of hydrogen-bond acceptors (Lipinski definition) is 2. The second-order valence-corrected chi connectivity index (χ2v) is 6.20. The van der Waals surface area contributed by atoms with Crippen molar-refractivity contribution < 1.29 is 4.74 Å². The molecule has 0 saturated carbocycles. The fourth-order valence-electron chi connectivity index (χ4n) is 2.92. The lowest BCUT2D eigenvalue weighted by Gasteiger charge is -2.10. The van der Waals surface area contributed by atoms with Crippen LogP contribution in [0, 0.1) is 0 Å². The Labute approximate surface area is 155 Å². The van der Waals surface area contributed by atoms with Gasteiger partial charge in [0.2, 0.25) is 0 Å². The van der Waals surface area contributed by atoms with Crippen molar-refractivity contribution in [2.75, 3.05) is 13.2 Å². The number of rotatable bonds is 8. The van der Waals surface area contributed by atoms with Gasteiger partial charge in [-0.25, -0.2) is 0 Å². The van der Waals surface area contributed by atoms with Crippen LogP contribution in [0.15, 0.2) is 91.0 Å². The Morgan fingerprint density at radius 3 is 1.88 bits per heavy atom. The minimum Gasteiger partial charge on any atom is -0.490 e. The molecule has 2 nitrogen and oxygen atoms in total. The van der Waals surface area contributed by atoms with E-state index in [-0.39, 0.29) is 0 Å². The van der Waals surface area contributed by atoms with E-state index in [9.17, 15) is 0 Å². The first-order valence-corrected chi connectivity index (χ1v) is 9.09. The van der Waals surface area contributed by atoms with E-state index in [0.717, 1.165) is 25.1 Å². The van der Waals surface area contributed by atoms with Gasteiger partial charge in [0.1, 0.15) is 12.4 Å². The molecule has 0 amide bonds. The summed E-state index contributed by atoms with van der Waals surface area (Å²) in [4.78, 5) is 0. The van der Waals surface area contributed by atoms with Crippen LogP contribution in [0.25, 0.3) is 5.57 Å². The molecule has 0 fully saturated rings. The van der Waals surface area contributed by atoms with Gasteiger partial charge in [-0.15, -0.1) is 0 Å². The average Bonchev–Trinajstić information content (AvgIpc) is 2.72. The topological polar surface area (TPSA) is 35.2 Å². The molecule has 3 aromatic rings. The normalized spacial score (nSPS) is 10.3. The Hall–Kier alpha value is -2.84. The van der Waals surface area contributed by atoms with Crippen molar-refractivity contribution in [1.29, 1.82) is 0 Å². The van der Waals surface area contributed by atoms with Crippen molar-refractivity contribution in [2.24, 2.45) is 5.73 Å². The molecule has 2 heteroatoms. The molecule has 0 atom stereocenters.